The van der Waals surface area contributed by atoms with Crippen molar-refractivity contribution >= 4 is 11.8 Å². The predicted octanol–water partition coefficient (Wildman–Crippen LogP) is 4.22. The number of aromatic nitrogens is 1. The van der Waals surface area contributed by atoms with Crippen molar-refractivity contribution in [3.05, 3.63) is 84.2 Å². The van der Waals surface area contributed by atoms with Crippen LogP contribution in [0, 0.1) is 0 Å². The van der Waals surface area contributed by atoms with Gasteiger partial charge in [0.2, 0.25) is 5.91 Å². The predicted molar refractivity (Wildman–Crippen MR) is 131 cm³/mol. The largest absolute Gasteiger partial charge is 0.383 e. The number of carbonyl (C=O) groups is 2. The Balaban J connectivity index is 1.74. The van der Waals surface area contributed by atoms with E-state index in [1.165, 1.54) is 0 Å². The third kappa shape index (κ3) is 6.33. The number of carbonyl (C=O) groups excluding carboxylic acids is 2. The van der Waals surface area contributed by atoms with Crippen molar-refractivity contribution < 1.29 is 14.3 Å². The third-order valence-electron chi connectivity index (χ3n) is 5.75. The number of benzene rings is 2. The lowest BCUT2D eigenvalue weighted by Gasteiger charge is -2.30. The molecule has 0 saturated heterocycles. The van der Waals surface area contributed by atoms with E-state index in [-0.39, 0.29) is 24.4 Å². The molecule has 0 fully saturated rings. The minimum absolute atomic E-state index is 0.0189. The van der Waals surface area contributed by atoms with E-state index in [9.17, 15) is 9.59 Å². The van der Waals surface area contributed by atoms with Gasteiger partial charge in [-0.1, -0.05) is 42.5 Å². The summed E-state index contributed by atoms with van der Waals surface area (Å²) in [6, 6.07) is 21.4. The molecule has 0 unspecified atom stereocenters. The lowest BCUT2D eigenvalue weighted by Crippen LogP contribution is -2.46. The quantitative estimate of drug-likeness (QED) is 0.468. The molecule has 2 aromatic carbocycles. The highest BCUT2D eigenvalue weighted by Gasteiger charge is 2.25. The highest BCUT2D eigenvalue weighted by molar-refractivity contribution is 5.97. The Hall–Kier alpha value is -3.38. The van der Waals surface area contributed by atoms with Crippen molar-refractivity contribution in [2.75, 3.05) is 26.8 Å². The summed E-state index contributed by atoms with van der Waals surface area (Å²) in [6.45, 7) is 5.25. The van der Waals surface area contributed by atoms with Crippen LogP contribution in [-0.4, -0.2) is 59.0 Å². The van der Waals surface area contributed by atoms with E-state index in [0.29, 0.717) is 25.3 Å². The van der Waals surface area contributed by atoms with Gasteiger partial charge in [-0.2, -0.15) is 0 Å². The zero-order chi connectivity index (χ0) is 23.8. The number of ether oxygens (including phenoxy) is 1. The third-order valence-corrected chi connectivity index (χ3v) is 5.75. The molecule has 6 nitrogen and oxygen atoms in total. The Bertz CT molecular complexity index is 1040. The molecule has 1 aromatic heterocycles. The molecule has 0 aliphatic rings. The van der Waals surface area contributed by atoms with Crippen molar-refractivity contribution in [1.82, 2.24) is 14.4 Å². The smallest absolute Gasteiger partial charge is 0.254 e. The minimum atomic E-state index is -0.150. The molecule has 3 aromatic rings. The Kier molecular flexibility index (Phi) is 8.44. The van der Waals surface area contributed by atoms with Gasteiger partial charge in [0.1, 0.15) is 6.54 Å². The Morgan fingerprint density at radius 1 is 0.939 bits per heavy atom. The Labute approximate surface area is 196 Å². The van der Waals surface area contributed by atoms with Gasteiger partial charge in [0.05, 0.1) is 13.2 Å². The molecule has 1 heterocycles. The summed E-state index contributed by atoms with van der Waals surface area (Å²) in [4.78, 5) is 29.9. The minimum Gasteiger partial charge on any atom is -0.383 e. The molecule has 3 rings (SSSR count). The van der Waals surface area contributed by atoms with Gasteiger partial charge in [-0.25, -0.2) is 0 Å². The Morgan fingerprint density at radius 3 is 2.18 bits per heavy atom. The Morgan fingerprint density at radius 2 is 1.61 bits per heavy atom. The molecule has 0 N–H and O–H groups in total. The fraction of sp³-hybridized carbons (Fsp3) is 0.333. The highest BCUT2D eigenvalue weighted by atomic mass is 16.5. The summed E-state index contributed by atoms with van der Waals surface area (Å²) in [7, 11) is 3.57. The van der Waals surface area contributed by atoms with Gasteiger partial charge < -0.3 is 19.1 Å². The molecule has 0 saturated carbocycles. The van der Waals surface area contributed by atoms with Gasteiger partial charge in [-0.15, -0.1) is 0 Å². The first-order chi connectivity index (χ1) is 15.9. The van der Waals surface area contributed by atoms with E-state index in [1.807, 2.05) is 98.4 Å². The monoisotopic (exact) mass is 447 g/mol. The average molecular weight is 448 g/mol. The summed E-state index contributed by atoms with van der Waals surface area (Å²) in [5.41, 5.74) is 3.75. The van der Waals surface area contributed by atoms with Gasteiger partial charge >= 0.3 is 0 Å². The molecule has 6 heteroatoms. The second-order valence-corrected chi connectivity index (χ2v) is 8.39. The van der Waals surface area contributed by atoms with Gasteiger partial charge in [-0.05, 0) is 49.2 Å². The van der Waals surface area contributed by atoms with Crippen LogP contribution in [0.3, 0.4) is 0 Å². The summed E-state index contributed by atoms with van der Waals surface area (Å²) < 4.78 is 7.20. The van der Waals surface area contributed by atoms with Gasteiger partial charge in [-0.3, -0.25) is 9.59 Å². The van der Waals surface area contributed by atoms with Gasteiger partial charge in [0.25, 0.3) is 5.91 Å². The first-order valence-electron chi connectivity index (χ1n) is 11.2. The van der Waals surface area contributed by atoms with Crippen molar-refractivity contribution in [2.24, 2.45) is 7.05 Å². The summed E-state index contributed by atoms with van der Waals surface area (Å²) >= 11 is 0. The number of hydrogen-bond donors (Lipinski definition) is 0. The maximum atomic E-state index is 13.3. The summed E-state index contributed by atoms with van der Waals surface area (Å²) in [6.07, 6.45) is 1.96. The molecular weight excluding hydrogens is 414 g/mol. The molecular formula is C27H33N3O3. The van der Waals surface area contributed by atoms with Crippen LogP contribution < -0.4 is 0 Å². The molecule has 174 valence electrons. The number of rotatable bonds is 10. The fourth-order valence-electron chi connectivity index (χ4n) is 3.69. The maximum Gasteiger partial charge on any atom is 0.254 e. The molecule has 0 aliphatic carbocycles. The zero-order valence-corrected chi connectivity index (χ0v) is 19.9. The molecule has 0 spiro atoms. The number of aryl methyl sites for hydroxylation is 1. The van der Waals surface area contributed by atoms with E-state index >= 15 is 0 Å². The van der Waals surface area contributed by atoms with Crippen LogP contribution in [0.4, 0.5) is 0 Å². The van der Waals surface area contributed by atoms with Crippen molar-refractivity contribution in [2.45, 2.75) is 26.4 Å². The molecule has 33 heavy (non-hydrogen) atoms. The number of hydrogen-bond acceptors (Lipinski definition) is 3. The maximum absolute atomic E-state index is 13.3. The van der Waals surface area contributed by atoms with E-state index in [4.69, 9.17) is 4.74 Å². The average Bonchev–Trinajstić information content (AvgIpc) is 3.24. The first-order valence-corrected chi connectivity index (χ1v) is 11.2. The van der Waals surface area contributed by atoms with Crippen LogP contribution in [0.2, 0.25) is 0 Å². The SMILES string of the molecule is COCCN(Cc1cccn1C)C(=O)CN(C(=O)c1ccc(-c2ccccc2)cc1)C(C)C. The van der Waals surface area contributed by atoms with E-state index in [0.717, 1.165) is 16.8 Å². The zero-order valence-electron chi connectivity index (χ0n) is 19.9. The van der Waals surface area contributed by atoms with Crippen LogP contribution in [0.15, 0.2) is 72.9 Å². The molecule has 0 bridgehead atoms. The fourth-order valence-corrected chi connectivity index (χ4v) is 3.69. The van der Waals surface area contributed by atoms with Crippen LogP contribution in [0.1, 0.15) is 29.9 Å². The second-order valence-electron chi connectivity index (χ2n) is 8.39. The molecule has 0 radical (unpaired) electrons. The topological polar surface area (TPSA) is 54.8 Å². The second kappa shape index (κ2) is 11.5. The van der Waals surface area contributed by atoms with E-state index < -0.39 is 0 Å². The van der Waals surface area contributed by atoms with E-state index in [1.54, 1.807) is 16.9 Å². The van der Waals surface area contributed by atoms with E-state index in [2.05, 4.69) is 0 Å². The van der Waals surface area contributed by atoms with Crippen LogP contribution in [0.25, 0.3) is 11.1 Å². The lowest BCUT2D eigenvalue weighted by atomic mass is 10.0. The van der Waals surface area contributed by atoms with Gasteiger partial charge in [0.15, 0.2) is 0 Å². The van der Waals surface area contributed by atoms with Crippen molar-refractivity contribution in [3.8, 4) is 11.1 Å². The molecule has 0 aliphatic heterocycles. The van der Waals surface area contributed by atoms with Crippen molar-refractivity contribution in [1.29, 1.82) is 0 Å². The number of nitrogens with zero attached hydrogens (tertiary/aromatic N) is 3. The number of amides is 2. The highest BCUT2D eigenvalue weighted by Crippen LogP contribution is 2.20. The van der Waals surface area contributed by atoms with Crippen LogP contribution in [0.5, 0.6) is 0 Å². The summed E-state index contributed by atoms with van der Waals surface area (Å²) in [5.74, 6) is -0.250. The van der Waals surface area contributed by atoms with Crippen molar-refractivity contribution in [3.63, 3.8) is 0 Å². The van der Waals surface area contributed by atoms with Gasteiger partial charge in [0, 0.05) is 44.2 Å². The molecule has 2 amide bonds. The molecule has 0 atom stereocenters. The number of methoxy groups -OCH3 is 1. The lowest BCUT2D eigenvalue weighted by molar-refractivity contribution is -0.133. The normalized spacial score (nSPS) is 10.9. The standard InChI is InChI=1S/C27H33N3O3/c1-21(2)30(20-26(31)29(17-18-33-4)19-25-11-8-16-28(25)3)27(32)24-14-12-23(13-15-24)22-9-6-5-7-10-22/h5-16,21H,17-20H2,1-4H3. The van der Waals surface area contributed by atoms with Crippen LogP contribution in [-0.2, 0) is 23.1 Å². The first kappa shape index (κ1) is 24.3. The summed E-state index contributed by atoms with van der Waals surface area (Å²) in [5, 5.41) is 0. The van der Waals surface area contributed by atoms with Crippen LogP contribution >= 0.6 is 0 Å².